The lowest BCUT2D eigenvalue weighted by molar-refractivity contribution is -0.112. The highest BCUT2D eigenvalue weighted by Gasteiger charge is 2.42. The number of halogens is 1. The molecule has 8 nitrogen and oxygen atoms in total. The monoisotopic (exact) mass is 475 g/mol. The minimum atomic E-state index is -1.29. The summed E-state index contributed by atoms with van der Waals surface area (Å²) in [6.07, 6.45) is 9.74. The van der Waals surface area contributed by atoms with Crippen LogP contribution in [0.25, 0.3) is 0 Å². The number of nitrogens with two attached hydrogens (primary N) is 1. The van der Waals surface area contributed by atoms with E-state index in [0.717, 1.165) is 12.0 Å². The molecule has 1 unspecified atom stereocenters. The molecule has 1 aliphatic carbocycles. The topological polar surface area (TPSA) is 119 Å². The maximum atomic E-state index is 13.6. The maximum absolute atomic E-state index is 13.6. The zero-order chi connectivity index (χ0) is 24.6. The van der Waals surface area contributed by atoms with E-state index in [1.165, 1.54) is 12.4 Å². The zero-order valence-electron chi connectivity index (χ0n) is 19.3. The van der Waals surface area contributed by atoms with Crippen molar-refractivity contribution in [2.45, 2.75) is 58.5 Å². The van der Waals surface area contributed by atoms with Crippen LogP contribution < -0.4 is 21.1 Å². The molecule has 2 rings (SSSR count). The molecule has 1 fully saturated rings. The highest BCUT2D eigenvalue weighted by Crippen LogP contribution is 2.43. The summed E-state index contributed by atoms with van der Waals surface area (Å²) in [5.41, 5.74) is 8.24. The van der Waals surface area contributed by atoms with Crippen molar-refractivity contribution >= 4 is 27.3 Å². The van der Waals surface area contributed by atoms with Gasteiger partial charge in [0, 0.05) is 24.2 Å². The highest BCUT2D eigenvalue weighted by molar-refractivity contribution is 7.18. The van der Waals surface area contributed by atoms with E-state index in [-0.39, 0.29) is 47.8 Å². The molecule has 10 heteroatoms. The van der Waals surface area contributed by atoms with Gasteiger partial charge in [-0.05, 0) is 44.4 Å². The molecular formula is C23H31FN5O3P. The molecule has 0 radical (unpaired) electrons. The van der Waals surface area contributed by atoms with Crippen LogP contribution in [0.5, 0.6) is 5.88 Å². The molecule has 4 N–H and O–H groups in total. The summed E-state index contributed by atoms with van der Waals surface area (Å²) < 4.78 is 19.3. The summed E-state index contributed by atoms with van der Waals surface area (Å²) in [6, 6.07) is 0. The summed E-state index contributed by atoms with van der Waals surface area (Å²) in [5.74, 6) is 0.154. The lowest BCUT2D eigenvalue weighted by Crippen LogP contribution is -2.42. The molecule has 1 aromatic heterocycles. The van der Waals surface area contributed by atoms with Gasteiger partial charge in [0.2, 0.25) is 18.1 Å². The van der Waals surface area contributed by atoms with Crippen LogP contribution in [0, 0.1) is 0 Å². The van der Waals surface area contributed by atoms with E-state index in [1.807, 2.05) is 19.9 Å². The van der Waals surface area contributed by atoms with Gasteiger partial charge in [0.05, 0.1) is 12.4 Å². The van der Waals surface area contributed by atoms with Gasteiger partial charge in [-0.2, -0.15) is 4.98 Å². The largest absolute Gasteiger partial charge is 0.473 e. The van der Waals surface area contributed by atoms with Gasteiger partial charge in [-0.3, -0.25) is 14.6 Å². The first-order chi connectivity index (χ1) is 15.6. The number of alkyl halides is 1. The van der Waals surface area contributed by atoms with Crippen molar-refractivity contribution in [3.63, 3.8) is 0 Å². The SMILES string of the molecule is CC/C=C(C)/C(=C\C=C(/C)C(=O)/C(Nc1cncc(OC2CC(F)(P)C2)n1)=C(/C)N)NC=O. The van der Waals surface area contributed by atoms with E-state index in [2.05, 4.69) is 29.8 Å². The number of ether oxygens (including phenoxy) is 1. The van der Waals surface area contributed by atoms with Crippen LogP contribution in [0.4, 0.5) is 10.2 Å². The van der Waals surface area contributed by atoms with E-state index in [0.29, 0.717) is 17.7 Å². The van der Waals surface area contributed by atoms with Crippen molar-refractivity contribution < 1.29 is 18.7 Å². The molecule has 0 bridgehead atoms. The fourth-order valence-electron chi connectivity index (χ4n) is 3.13. The first kappa shape index (κ1) is 26.2. The summed E-state index contributed by atoms with van der Waals surface area (Å²) in [6.45, 7) is 7.11. The van der Waals surface area contributed by atoms with Crippen molar-refractivity contribution in [3.05, 3.63) is 58.9 Å². The average molecular weight is 476 g/mol. The molecule has 0 aliphatic heterocycles. The minimum absolute atomic E-state index is 0.144. The van der Waals surface area contributed by atoms with Gasteiger partial charge in [0.1, 0.15) is 17.2 Å². The fourth-order valence-corrected chi connectivity index (χ4v) is 3.66. The molecular weight excluding hydrogens is 444 g/mol. The van der Waals surface area contributed by atoms with Crippen molar-refractivity contribution in [1.82, 2.24) is 15.3 Å². The number of carbonyl (C=O) groups excluding carboxylic acids is 2. The normalized spacial score (nSPS) is 22.1. The van der Waals surface area contributed by atoms with E-state index >= 15 is 0 Å². The van der Waals surface area contributed by atoms with E-state index < -0.39 is 5.41 Å². The van der Waals surface area contributed by atoms with Gasteiger partial charge < -0.3 is 21.1 Å². The van der Waals surface area contributed by atoms with Gasteiger partial charge in [-0.15, -0.1) is 0 Å². The molecule has 1 saturated carbocycles. The summed E-state index contributed by atoms with van der Waals surface area (Å²) in [7, 11) is 2.17. The van der Waals surface area contributed by atoms with Crippen LogP contribution in [0.1, 0.15) is 47.0 Å². The Hall–Kier alpha value is -3.06. The molecule has 0 spiro atoms. The third-order valence-electron chi connectivity index (χ3n) is 4.92. The summed E-state index contributed by atoms with van der Waals surface area (Å²) >= 11 is 0. The number of ketones is 1. The summed E-state index contributed by atoms with van der Waals surface area (Å²) in [5, 5.41) is 4.25. The standard InChI is InChI=1S/C23H31FN5O3P/c1-5-6-14(2)18(27-13-30)8-7-15(3)22(31)21(16(4)25)29-19-11-26-12-20(28-19)32-17-9-23(24,33)10-17/h6-8,11-13,17H,5,9-10,25,33H2,1-4H3,(H,27,30)(H,28,29)/b14-6+,15-7+,18-8+,21-16+. The molecule has 0 aromatic carbocycles. The zero-order valence-corrected chi connectivity index (χ0v) is 20.5. The third-order valence-corrected chi connectivity index (χ3v) is 5.39. The predicted octanol–water partition coefficient (Wildman–Crippen LogP) is 3.66. The molecule has 178 valence electrons. The maximum Gasteiger partial charge on any atom is 0.234 e. The van der Waals surface area contributed by atoms with Crippen molar-refractivity contribution in [2.24, 2.45) is 5.73 Å². The smallest absolute Gasteiger partial charge is 0.234 e. The molecule has 1 aromatic rings. The Morgan fingerprint density at radius 2 is 2.00 bits per heavy atom. The molecule has 1 atom stereocenters. The third kappa shape index (κ3) is 7.79. The number of hydrogen-bond acceptors (Lipinski definition) is 7. The Labute approximate surface area is 195 Å². The van der Waals surface area contributed by atoms with Crippen LogP contribution in [0.15, 0.2) is 58.9 Å². The second-order valence-corrected chi connectivity index (χ2v) is 8.96. The first-order valence-corrected chi connectivity index (χ1v) is 11.1. The van der Waals surface area contributed by atoms with Crippen LogP contribution in [0.3, 0.4) is 0 Å². The number of nitrogens with one attached hydrogen (secondary N) is 2. The Balaban J connectivity index is 2.17. The number of Topliss-reactive ketones (excluding diaryl/α,β-unsaturated/α-hetero) is 1. The predicted molar refractivity (Wildman–Crippen MR) is 130 cm³/mol. The van der Waals surface area contributed by atoms with Gasteiger partial charge >= 0.3 is 0 Å². The van der Waals surface area contributed by atoms with Gasteiger partial charge in [-0.1, -0.05) is 28.3 Å². The first-order valence-electron chi connectivity index (χ1n) is 10.6. The fraction of sp³-hybridized carbons (Fsp3) is 0.391. The number of amides is 1. The number of nitrogens with zero attached hydrogens (tertiary/aromatic N) is 2. The van der Waals surface area contributed by atoms with E-state index in [9.17, 15) is 14.0 Å². The molecule has 1 heterocycles. The van der Waals surface area contributed by atoms with Crippen LogP contribution in [0.2, 0.25) is 0 Å². The second-order valence-electron chi connectivity index (χ2n) is 7.93. The Kier molecular flexibility index (Phi) is 9.29. The number of rotatable bonds is 11. The van der Waals surface area contributed by atoms with E-state index in [4.69, 9.17) is 10.5 Å². The van der Waals surface area contributed by atoms with Gasteiger partial charge in [0.25, 0.3) is 0 Å². The second kappa shape index (κ2) is 11.7. The number of aromatic nitrogens is 2. The molecule has 0 saturated heterocycles. The minimum Gasteiger partial charge on any atom is -0.473 e. The Morgan fingerprint density at radius 1 is 1.30 bits per heavy atom. The Morgan fingerprint density at radius 3 is 2.58 bits per heavy atom. The van der Waals surface area contributed by atoms with Crippen LogP contribution >= 0.6 is 9.24 Å². The van der Waals surface area contributed by atoms with Crippen molar-refractivity contribution in [3.8, 4) is 5.88 Å². The van der Waals surface area contributed by atoms with Crippen molar-refractivity contribution in [2.75, 3.05) is 5.32 Å². The summed E-state index contributed by atoms with van der Waals surface area (Å²) in [4.78, 5) is 32.3. The average Bonchev–Trinajstić information content (AvgIpc) is 2.73. The lowest BCUT2D eigenvalue weighted by Gasteiger charge is -2.37. The van der Waals surface area contributed by atoms with Crippen LogP contribution in [-0.2, 0) is 9.59 Å². The van der Waals surface area contributed by atoms with Gasteiger partial charge in [0.15, 0.2) is 5.82 Å². The Bertz CT molecular complexity index is 1010. The van der Waals surface area contributed by atoms with Gasteiger partial charge in [-0.25, -0.2) is 4.39 Å². The number of hydrogen-bond donors (Lipinski definition) is 3. The van der Waals surface area contributed by atoms with E-state index in [1.54, 1.807) is 26.0 Å². The molecule has 33 heavy (non-hydrogen) atoms. The quantitative estimate of drug-likeness (QED) is 0.193. The van der Waals surface area contributed by atoms with Crippen LogP contribution in [-0.4, -0.2) is 33.7 Å². The number of allylic oxidation sites excluding steroid dienone is 6. The number of carbonyl (C=O) groups is 2. The molecule has 1 aliphatic rings. The van der Waals surface area contributed by atoms with Crippen molar-refractivity contribution in [1.29, 1.82) is 0 Å². The lowest BCUT2D eigenvalue weighted by atomic mass is 9.92. The number of anilines is 1. The molecule has 1 amide bonds. The highest BCUT2D eigenvalue weighted by atomic mass is 31.0.